The summed E-state index contributed by atoms with van der Waals surface area (Å²) in [6.07, 6.45) is 3.38. The molecule has 22 heavy (non-hydrogen) atoms. The van der Waals surface area contributed by atoms with E-state index in [0.717, 1.165) is 25.8 Å². The minimum atomic E-state index is -3.34. The van der Waals surface area contributed by atoms with Crippen LogP contribution < -0.4 is 5.32 Å². The number of carbonyl (C=O) groups excluding carboxylic acids is 1. The molecule has 0 bridgehead atoms. The quantitative estimate of drug-likeness (QED) is 0.412. The second-order valence-electron chi connectivity index (χ2n) is 6.27. The molecule has 1 amide bonds. The molecular weight excluding hydrogens is 323 g/mol. The van der Waals surface area contributed by atoms with Crippen LogP contribution in [0.4, 0.5) is 0 Å². The number of β-lactam (4-membered cyclic amide) rings is 1. The lowest BCUT2D eigenvalue weighted by Crippen LogP contribution is -2.68. The molecule has 0 aliphatic carbocycles. The predicted molar refractivity (Wildman–Crippen MR) is 89.0 cm³/mol. The Morgan fingerprint density at radius 1 is 1.32 bits per heavy atom. The van der Waals surface area contributed by atoms with Gasteiger partial charge >= 0.3 is 7.60 Å². The number of fused-ring (bicyclic) bond motifs is 1. The van der Waals surface area contributed by atoms with E-state index in [1.54, 1.807) is 16.7 Å². The predicted octanol–water partition coefficient (Wildman–Crippen LogP) is 2.64. The van der Waals surface area contributed by atoms with E-state index in [1.807, 2.05) is 13.8 Å². The first-order valence-corrected chi connectivity index (χ1v) is 10.3. The van der Waals surface area contributed by atoms with Gasteiger partial charge in [-0.25, -0.2) is 0 Å². The van der Waals surface area contributed by atoms with E-state index in [4.69, 9.17) is 9.05 Å². The van der Waals surface area contributed by atoms with Crippen molar-refractivity contribution in [3.05, 3.63) is 0 Å². The summed E-state index contributed by atoms with van der Waals surface area (Å²) < 4.78 is 22.8. The molecule has 0 saturated carbocycles. The maximum Gasteiger partial charge on any atom is 0.353 e. The molecule has 0 aromatic rings. The molecule has 8 heteroatoms. The van der Waals surface area contributed by atoms with Gasteiger partial charge in [-0.05, 0) is 26.8 Å². The third kappa shape index (κ3) is 2.98. The molecule has 2 fully saturated rings. The van der Waals surface area contributed by atoms with Crippen LogP contribution in [-0.4, -0.2) is 53.5 Å². The van der Waals surface area contributed by atoms with Crippen LogP contribution in [0.5, 0.6) is 0 Å². The monoisotopic (exact) mass is 350 g/mol. The molecule has 3 atom stereocenters. The zero-order chi connectivity index (χ0) is 16.5. The molecule has 2 aliphatic heterocycles. The number of rotatable bonds is 8. The van der Waals surface area contributed by atoms with Gasteiger partial charge in [-0.1, -0.05) is 19.8 Å². The average Bonchev–Trinajstić information content (AvgIpc) is 2.75. The normalized spacial score (nSPS) is 30.3. The van der Waals surface area contributed by atoms with Crippen molar-refractivity contribution in [3.63, 3.8) is 0 Å². The van der Waals surface area contributed by atoms with Crippen molar-refractivity contribution in [2.45, 2.75) is 62.0 Å². The minimum absolute atomic E-state index is 0.00102. The third-order valence-corrected chi connectivity index (χ3v) is 8.60. The van der Waals surface area contributed by atoms with Gasteiger partial charge in [-0.3, -0.25) is 9.36 Å². The molecule has 0 aromatic heterocycles. The summed E-state index contributed by atoms with van der Waals surface area (Å²) >= 11 is 1.67. The maximum atomic E-state index is 12.8. The lowest BCUT2D eigenvalue weighted by Gasteiger charge is -2.45. The fraction of sp³-hybridized carbons (Fsp3) is 0.929. The van der Waals surface area contributed by atoms with E-state index in [2.05, 4.69) is 12.2 Å². The fourth-order valence-electron chi connectivity index (χ4n) is 3.21. The van der Waals surface area contributed by atoms with E-state index in [9.17, 15) is 9.36 Å². The number of thioether (sulfide) groups is 1. The molecule has 2 rings (SSSR count). The molecule has 0 spiro atoms. The number of nitrogens with zero attached hydrogens (tertiary/aromatic N) is 1. The lowest BCUT2D eigenvalue weighted by molar-refractivity contribution is -0.147. The van der Waals surface area contributed by atoms with Crippen molar-refractivity contribution in [3.8, 4) is 0 Å². The average molecular weight is 350 g/mol. The van der Waals surface area contributed by atoms with Gasteiger partial charge in [0.15, 0.2) is 0 Å². The highest BCUT2D eigenvalue weighted by Crippen LogP contribution is 2.66. The molecule has 2 aliphatic rings. The number of hydrogen-bond donors (Lipinski definition) is 1. The summed E-state index contributed by atoms with van der Waals surface area (Å²) in [5.41, 5.74) is 0. The topological polar surface area (TPSA) is 67.9 Å². The Labute approximate surface area is 137 Å². The zero-order valence-corrected chi connectivity index (χ0v) is 15.7. The van der Waals surface area contributed by atoms with Crippen molar-refractivity contribution in [1.29, 1.82) is 0 Å². The van der Waals surface area contributed by atoms with Crippen LogP contribution in [0.1, 0.15) is 40.0 Å². The van der Waals surface area contributed by atoms with E-state index in [0.29, 0.717) is 0 Å². The van der Waals surface area contributed by atoms with Crippen molar-refractivity contribution < 1.29 is 18.4 Å². The van der Waals surface area contributed by atoms with Gasteiger partial charge in [-0.15, -0.1) is 11.8 Å². The summed E-state index contributed by atoms with van der Waals surface area (Å²) in [6, 6.07) is -0.187. The third-order valence-electron chi connectivity index (χ3n) is 4.34. The van der Waals surface area contributed by atoms with Crippen molar-refractivity contribution in [2.24, 2.45) is 0 Å². The first kappa shape index (κ1) is 18.3. The van der Waals surface area contributed by atoms with Crippen LogP contribution in [0.25, 0.3) is 0 Å². The van der Waals surface area contributed by atoms with Gasteiger partial charge in [0.05, 0.1) is 0 Å². The number of hydrogen-bond acceptors (Lipinski definition) is 6. The Hall–Kier alpha value is -0.0700. The summed E-state index contributed by atoms with van der Waals surface area (Å²) in [4.78, 5) is 14.2. The van der Waals surface area contributed by atoms with Gasteiger partial charge in [0, 0.05) is 19.0 Å². The van der Waals surface area contributed by atoms with Gasteiger partial charge in [0.1, 0.15) is 17.2 Å². The van der Waals surface area contributed by atoms with Crippen LogP contribution in [0.3, 0.4) is 0 Å². The Kier molecular flexibility index (Phi) is 5.66. The first-order chi connectivity index (χ1) is 10.3. The van der Waals surface area contributed by atoms with Gasteiger partial charge < -0.3 is 19.3 Å². The molecule has 2 saturated heterocycles. The number of carbonyl (C=O) groups is 1. The molecule has 2 heterocycles. The van der Waals surface area contributed by atoms with Crippen molar-refractivity contribution >= 4 is 25.3 Å². The second kappa shape index (κ2) is 6.81. The van der Waals surface area contributed by atoms with Gasteiger partial charge in [0.2, 0.25) is 5.91 Å². The molecule has 0 aromatic carbocycles. The Morgan fingerprint density at radius 3 is 2.50 bits per heavy atom. The fourth-order valence-corrected chi connectivity index (χ4v) is 7.28. The molecule has 0 radical (unpaired) electrons. The van der Waals surface area contributed by atoms with Gasteiger partial charge in [0.25, 0.3) is 0 Å². The van der Waals surface area contributed by atoms with Crippen LogP contribution in [0.15, 0.2) is 0 Å². The van der Waals surface area contributed by atoms with E-state index >= 15 is 0 Å². The van der Waals surface area contributed by atoms with E-state index < -0.39 is 13.4 Å². The SMILES string of the molecule is CCCCCNC1C(=O)N2C(P(=O)(OC)OC)C(C)(C)S[C@@H]12. The summed E-state index contributed by atoms with van der Waals surface area (Å²) in [7, 11) is -0.580. The summed E-state index contributed by atoms with van der Waals surface area (Å²) in [6.45, 7) is 6.98. The standard InChI is InChI=1S/C14H27N2O4PS/c1-6-7-8-9-15-10-11(17)16-12(10)22-14(2,3)13(16)21(18,19-4)20-5/h10,12-13,15H,6-9H2,1-5H3/t10?,12-,13?/m0/s1. The smallest absolute Gasteiger partial charge is 0.311 e. The summed E-state index contributed by atoms with van der Waals surface area (Å²) in [5, 5.41) is 3.34. The molecular formula is C14H27N2O4PS. The van der Waals surface area contributed by atoms with Crippen LogP contribution in [0, 0.1) is 0 Å². The molecule has 1 N–H and O–H groups in total. The highest BCUT2D eigenvalue weighted by Gasteiger charge is 2.66. The Balaban J connectivity index is 2.09. The largest absolute Gasteiger partial charge is 0.353 e. The summed E-state index contributed by atoms with van der Waals surface area (Å²) in [5.74, 6) is -0.537. The van der Waals surface area contributed by atoms with Crippen molar-refractivity contribution in [1.82, 2.24) is 10.2 Å². The van der Waals surface area contributed by atoms with E-state index in [-0.39, 0.29) is 22.1 Å². The molecule has 128 valence electrons. The lowest BCUT2D eigenvalue weighted by atomic mass is 10.0. The molecule has 6 nitrogen and oxygen atoms in total. The maximum absolute atomic E-state index is 12.8. The second-order valence-corrected chi connectivity index (χ2v) is 10.3. The van der Waals surface area contributed by atoms with Gasteiger partial charge in [-0.2, -0.15) is 0 Å². The number of unbranched alkanes of at least 4 members (excludes halogenated alkanes) is 2. The highest BCUT2D eigenvalue weighted by atomic mass is 32.2. The first-order valence-electron chi connectivity index (χ1n) is 7.77. The van der Waals surface area contributed by atoms with Crippen LogP contribution in [-0.2, 0) is 18.4 Å². The molecule has 2 unspecified atom stereocenters. The van der Waals surface area contributed by atoms with E-state index in [1.165, 1.54) is 14.2 Å². The van der Waals surface area contributed by atoms with Crippen LogP contribution >= 0.6 is 19.4 Å². The minimum Gasteiger partial charge on any atom is -0.311 e. The highest BCUT2D eigenvalue weighted by molar-refractivity contribution is 8.02. The Bertz CT molecular complexity index is 466. The zero-order valence-electron chi connectivity index (χ0n) is 14.0. The number of amides is 1. The Morgan fingerprint density at radius 2 is 1.95 bits per heavy atom. The number of nitrogens with one attached hydrogen (secondary N) is 1. The van der Waals surface area contributed by atoms with Crippen molar-refractivity contribution in [2.75, 3.05) is 20.8 Å². The van der Waals surface area contributed by atoms with Crippen LogP contribution in [0.2, 0.25) is 0 Å².